The normalized spacial score (nSPS) is 18.5. The SMILES string of the molecule is CCN1C(=O)NCC1(CCOc1ccc(CC(C)(Oc2ccccc2)C(=O)O)cc1)Cc1ccc(C(F)(F)F)cc1. The van der Waals surface area contributed by atoms with Crippen molar-refractivity contribution in [3.63, 3.8) is 0 Å². The maximum Gasteiger partial charge on any atom is 0.416 e. The van der Waals surface area contributed by atoms with Gasteiger partial charge >= 0.3 is 18.2 Å². The minimum Gasteiger partial charge on any atom is -0.494 e. The fraction of sp³-hybridized carbons (Fsp3) is 0.355. The van der Waals surface area contributed by atoms with Crippen LogP contribution in [0.3, 0.4) is 0 Å². The number of urea groups is 1. The van der Waals surface area contributed by atoms with Gasteiger partial charge in [0.15, 0.2) is 0 Å². The third-order valence-corrected chi connectivity index (χ3v) is 7.36. The lowest BCUT2D eigenvalue weighted by molar-refractivity contribution is -0.153. The van der Waals surface area contributed by atoms with E-state index in [0.29, 0.717) is 43.0 Å². The van der Waals surface area contributed by atoms with E-state index in [-0.39, 0.29) is 19.1 Å². The van der Waals surface area contributed by atoms with E-state index in [1.54, 1.807) is 53.4 Å². The van der Waals surface area contributed by atoms with Crippen LogP contribution in [0.5, 0.6) is 11.5 Å². The molecular formula is C31H33F3N2O5. The summed E-state index contributed by atoms with van der Waals surface area (Å²) in [5.74, 6) is -0.0522. The Labute approximate surface area is 236 Å². The van der Waals surface area contributed by atoms with Crippen LogP contribution in [0.2, 0.25) is 0 Å². The number of hydrogen-bond acceptors (Lipinski definition) is 4. The summed E-state index contributed by atoms with van der Waals surface area (Å²) in [6, 6.07) is 20.6. The molecule has 0 radical (unpaired) electrons. The lowest BCUT2D eigenvalue weighted by atomic mass is 9.86. The van der Waals surface area contributed by atoms with Crippen molar-refractivity contribution in [3.05, 3.63) is 95.6 Å². The van der Waals surface area contributed by atoms with Gasteiger partial charge in [-0.05, 0) is 67.8 Å². The number of para-hydroxylation sites is 1. The van der Waals surface area contributed by atoms with E-state index >= 15 is 0 Å². The summed E-state index contributed by atoms with van der Waals surface area (Å²) in [5, 5.41) is 12.7. The average molecular weight is 571 g/mol. The second-order valence-electron chi connectivity index (χ2n) is 10.4. The highest BCUT2D eigenvalue weighted by Gasteiger charge is 2.44. The number of rotatable bonds is 12. The second kappa shape index (κ2) is 12.1. The molecule has 1 heterocycles. The van der Waals surface area contributed by atoms with Gasteiger partial charge in [-0.25, -0.2) is 9.59 Å². The van der Waals surface area contributed by atoms with Gasteiger partial charge in [0.25, 0.3) is 0 Å². The van der Waals surface area contributed by atoms with Gasteiger partial charge < -0.3 is 24.8 Å². The molecule has 0 spiro atoms. The molecule has 1 fully saturated rings. The minimum absolute atomic E-state index is 0.132. The summed E-state index contributed by atoms with van der Waals surface area (Å²) in [5.41, 5.74) is -1.41. The molecule has 2 N–H and O–H groups in total. The molecule has 2 unspecified atom stereocenters. The van der Waals surface area contributed by atoms with Crippen molar-refractivity contribution < 1.29 is 37.3 Å². The van der Waals surface area contributed by atoms with Gasteiger partial charge in [-0.1, -0.05) is 42.5 Å². The fourth-order valence-corrected chi connectivity index (χ4v) is 5.14. The predicted octanol–water partition coefficient (Wildman–Crippen LogP) is 5.97. The highest BCUT2D eigenvalue weighted by Crippen LogP contribution is 2.33. The summed E-state index contributed by atoms with van der Waals surface area (Å²) >= 11 is 0. The van der Waals surface area contributed by atoms with Crippen LogP contribution in [0.15, 0.2) is 78.9 Å². The first-order valence-electron chi connectivity index (χ1n) is 13.3. The molecule has 3 aromatic carbocycles. The van der Waals surface area contributed by atoms with Crippen molar-refractivity contribution in [3.8, 4) is 11.5 Å². The van der Waals surface area contributed by atoms with E-state index in [1.165, 1.54) is 19.1 Å². The molecular weight excluding hydrogens is 537 g/mol. The number of halogens is 3. The molecule has 1 aliphatic rings. The third kappa shape index (κ3) is 7.11. The van der Waals surface area contributed by atoms with Gasteiger partial charge in [0.05, 0.1) is 17.7 Å². The van der Waals surface area contributed by atoms with E-state index in [9.17, 15) is 27.9 Å². The average Bonchev–Trinajstić information content (AvgIpc) is 3.24. The zero-order chi connectivity index (χ0) is 29.7. The molecule has 41 heavy (non-hydrogen) atoms. The third-order valence-electron chi connectivity index (χ3n) is 7.36. The number of amides is 2. The Hall–Kier alpha value is -4.21. The van der Waals surface area contributed by atoms with Crippen LogP contribution in [0.1, 0.15) is 37.0 Å². The van der Waals surface area contributed by atoms with Crippen LogP contribution < -0.4 is 14.8 Å². The van der Waals surface area contributed by atoms with Crippen LogP contribution in [-0.4, -0.2) is 52.8 Å². The number of carbonyl (C=O) groups excluding carboxylic acids is 1. The molecule has 2 atom stereocenters. The summed E-state index contributed by atoms with van der Waals surface area (Å²) < 4.78 is 50.8. The number of carboxylic acid groups (broad SMARTS) is 1. The maximum atomic E-state index is 13.0. The number of carboxylic acids is 1. The van der Waals surface area contributed by atoms with Crippen LogP contribution >= 0.6 is 0 Å². The van der Waals surface area contributed by atoms with Gasteiger partial charge in [-0.2, -0.15) is 13.2 Å². The lowest BCUT2D eigenvalue weighted by Gasteiger charge is -2.37. The zero-order valence-corrected chi connectivity index (χ0v) is 22.9. The number of nitrogens with zero attached hydrogens (tertiary/aromatic N) is 1. The van der Waals surface area contributed by atoms with Crippen molar-refractivity contribution >= 4 is 12.0 Å². The van der Waals surface area contributed by atoms with Gasteiger partial charge in [0.2, 0.25) is 5.60 Å². The number of hydrogen-bond donors (Lipinski definition) is 2. The number of benzene rings is 3. The van der Waals surface area contributed by atoms with E-state index < -0.39 is 28.8 Å². The number of alkyl halides is 3. The van der Waals surface area contributed by atoms with E-state index in [0.717, 1.165) is 17.7 Å². The first-order chi connectivity index (χ1) is 19.4. The Morgan fingerprint density at radius 3 is 2.20 bits per heavy atom. The molecule has 2 amide bonds. The monoisotopic (exact) mass is 570 g/mol. The van der Waals surface area contributed by atoms with E-state index in [2.05, 4.69) is 5.32 Å². The smallest absolute Gasteiger partial charge is 0.416 e. The number of likely N-dealkylation sites (N-methyl/N-ethyl adjacent to an activating group) is 1. The molecule has 7 nitrogen and oxygen atoms in total. The molecule has 1 aliphatic heterocycles. The van der Waals surface area contributed by atoms with Crippen molar-refractivity contribution in [1.82, 2.24) is 10.2 Å². The Kier molecular flexibility index (Phi) is 8.80. The van der Waals surface area contributed by atoms with Crippen molar-refractivity contribution in [1.29, 1.82) is 0 Å². The Balaban J connectivity index is 1.41. The summed E-state index contributed by atoms with van der Waals surface area (Å²) in [6.45, 7) is 4.43. The van der Waals surface area contributed by atoms with Crippen molar-refractivity contribution in [2.24, 2.45) is 0 Å². The fourth-order valence-electron chi connectivity index (χ4n) is 5.14. The van der Waals surface area contributed by atoms with Crippen LogP contribution in [0.4, 0.5) is 18.0 Å². The largest absolute Gasteiger partial charge is 0.494 e. The molecule has 10 heteroatoms. The van der Waals surface area contributed by atoms with Gasteiger partial charge in [-0.3, -0.25) is 0 Å². The first-order valence-corrected chi connectivity index (χ1v) is 13.3. The summed E-state index contributed by atoms with van der Waals surface area (Å²) in [4.78, 5) is 26.3. The van der Waals surface area contributed by atoms with E-state index in [1.807, 2.05) is 13.0 Å². The molecule has 0 aliphatic carbocycles. The maximum absolute atomic E-state index is 13.0. The number of carbonyl (C=O) groups is 2. The second-order valence-corrected chi connectivity index (χ2v) is 10.4. The van der Waals surface area contributed by atoms with Crippen molar-refractivity contribution in [2.45, 2.75) is 50.4 Å². The highest BCUT2D eigenvalue weighted by atomic mass is 19.4. The molecule has 1 saturated heterocycles. The quantitative estimate of drug-likeness (QED) is 0.280. The molecule has 0 bridgehead atoms. The Morgan fingerprint density at radius 2 is 1.61 bits per heavy atom. The molecule has 3 aromatic rings. The molecule has 0 saturated carbocycles. The van der Waals surface area contributed by atoms with Crippen LogP contribution in [0, 0.1) is 0 Å². The highest BCUT2D eigenvalue weighted by molar-refractivity contribution is 5.78. The van der Waals surface area contributed by atoms with Crippen LogP contribution in [-0.2, 0) is 23.8 Å². The van der Waals surface area contributed by atoms with Gasteiger partial charge in [0.1, 0.15) is 11.5 Å². The topological polar surface area (TPSA) is 88.1 Å². The lowest BCUT2D eigenvalue weighted by Crippen LogP contribution is -2.50. The Morgan fingerprint density at radius 1 is 0.976 bits per heavy atom. The molecule has 0 aromatic heterocycles. The number of nitrogens with one attached hydrogen (secondary N) is 1. The summed E-state index contributed by atoms with van der Waals surface area (Å²) in [7, 11) is 0. The van der Waals surface area contributed by atoms with Crippen molar-refractivity contribution in [2.75, 3.05) is 19.7 Å². The minimum atomic E-state index is -4.42. The van der Waals surface area contributed by atoms with Gasteiger partial charge in [0, 0.05) is 25.9 Å². The number of aliphatic carboxylic acids is 1. The predicted molar refractivity (Wildman–Crippen MR) is 147 cm³/mol. The van der Waals surface area contributed by atoms with Crippen LogP contribution in [0.25, 0.3) is 0 Å². The number of ether oxygens (including phenoxy) is 2. The molecule has 4 rings (SSSR count). The first kappa shape index (κ1) is 29.8. The summed E-state index contributed by atoms with van der Waals surface area (Å²) in [6.07, 6.45) is -3.46. The zero-order valence-electron chi connectivity index (χ0n) is 22.9. The Bertz CT molecular complexity index is 1330. The standard InChI is InChI=1S/C31H33F3N2O5/c1-3-36-28(39)35-21-30(36,20-23-9-13-24(14-10-23)31(32,33)34)17-18-40-25-15-11-22(12-16-25)19-29(2,27(37)38)41-26-7-5-4-6-8-26/h4-16H,3,17-21H2,1-2H3,(H,35,39)(H,37,38). The van der Waals surface area contributed by atoms with Gasteiger partial charge in [-0.15, -0.1) is 0 Å². The van der Waals surface area contributed by atoms with E-state index in [4.69, 9.17) is 9.47 Å². The molecule has 218 valence electrons.